The summed E-state index contributed by atoms with van der Waals surface area (Å²) in [6, 6.07) is 0. The third-order valence-corrected chi connectivity index (χ3v) is 3.79. The van der Waals surface area contributed by atoms with Crippen LogP contribution in [0.4, 0.5) is 0 Å². The van der Waals surface area contributed by atoms with Crippen LogP contribution in [0.2, 0.25) is 0 Å². The van der Waals surface area contributed by atoms with Gasteiger partial charge >= 0.3 is 5.97 Å². The van der Waals surface area contributed by atoms with Gasteiger partial charge in [0.2, 0.25) is 5.91 Å². The molecule has 4 heteroatoms. The van der Waals surface area contributed by atoms with Gasteiger partial charge in [0, 0.05) is 6.54 Å². The van der Waals surface area contributed by atoms with Crippen LogP contribution in [0.15, 0.2) is 0 Å². The molecule has 0 aromatic carbocycles. The Morgan fingerprint density at radius 3 is 2.50 bits per heavy atom. The minimum absolute atomic E-state index is 0.194. The third kappa shape index (κ3) is 4.67. The number of amides is 1. The lowest BCUT2D eigenvalue weighted by Gasteiger charge is -2.21. The maximum Gasteiger partial charge on any atom is 0.318 e. The van der Waals surface area contributed by atoms with Gasteiger partial charge in [0.15, 0.2) is 0 Å². The average Bonchev–Trinajstić information content (AvgIpc) is 2.40. The summed E-state index contributed by atoms with van der Waals surface area (Å²) in [5.41, 5.74) is 0. The predicted octanol–water partition coefficient (Wildman–Crippen LogP) is 2.27. The monoisotopic (exact) mass is 255 g/mol. The van der Waals surface area contributed by atoms with Crippen LogP contribution in [-0.4, -0.2) is 25.5 Å². The Morgan fingerprint density at radius 1 is 1.28 bits per heavy atom. The zero-order valence-electron chi connectivity index (χ0n) is 11.5. The Hall–Kier alpha value is -1.06. The van der Waals surface area contributed by atoms with Crippen LogP contribution in [-0.2, 0) is 14.3 Å². The van der Waals surface area contributed by atoms with Crippen molar-refractivity contribution in [1.82, 2.24) is 5.32 Å². The van der Waals surface area contributed by atoms with E-state index in [0.29, 0.717) is 13.0 Å². The molecule has 0 aromatic heterocycles. The minimum Gasteiger partial charge on any atom is -0.468 e. The summed E-state index contributed by atoms with van der Waals surface area (Å²) in [6.07, 6.45) is 8.07. The highest BCUT2D eigenvalue weighted by molar-refractivity contribution is 5.97. The lowest BCUT2D eigenvalue weighted by molar-refractivity contribution is -0.150. The van der Waals surface area contributed by atoms with Gasteiger partial charge < -0.3 is 10.1 Å². The Balaban J connectivity index is 2.24. The summed E-state index contributed by atoms with van der Waals surface area (Å²) < 4.78 is 4.62. The van der Waals surface area contributed by atoms with E-state index in [0.717, 1.165) is 12.3 Å². The largest absolute Gasteiger partial charge is 0.468 e. The van der Waals surface area contributed by atoms with Gasteiger partial charge in [-0.1, -0.05) is 39.0 Å². The highest BCUT2D eigenvalue weighted by Crippen LogP contribution is 2.25. The fourth-order valence-corrected chi connectivity index (χ4v) is 2.60. The summed E-state index contributed by atoms with van der Waals surface area (Å²) in [5.74, 6) is -0.536. The smallest absolute Gasteiger partial charge is 0.318 e. The van der Waals surface area contributed by atoms with Crippen LogP contribution in [0.3, 0.4) is 0 Å². The molecule has 1 aliphatic rings. The van der Waals surface area contributed by atoms with E-state index >= 15 is 0 Å². The number of methoxy groups -OCH3 is 1. The average molecular weight is 255 g/mol. The van der Waals surface area contributed by atoms with Crippen molar-refractivity contribution < 1.29 is 14.3 Å². The van der Waals surface area contributed by atoms with E-state index in [-0.39, 0.29) is 5.91 Å². The fraction of sp³-hybridized carbons (Fsp3) is 0.857. The number of hydrogen-bond acceptors (Lipinski definition) is 3. The summed E-state index contributed by atoms with van der Waals surface area (Å²) >= 11 is 0. The lowest BCUT2D eigenvalue weighted by Crippen LogP contribution is -2.36. The Bertz CT molecular complexity index is 272. The number of esters is 1. The molecule has 0 radical (unpaired) electrons. The van der Waals surface area contributed by atoms with Crippen LogP contribution in [0.5, 0.6) is 0 Å². The van der Waals surface area contributed by atoms with E-state index in [1.165, 1.54) is 39.2 Å². The molecular weight excluding hydrogens is 230 g/mol. The maximum atomic E-state index is 11.8. The van der Waals surface area contributed by atoms with Crippen molar-refractivity contribution in [1.29, 1.82) is 0 Å². The first kappa shape index (κ1) is 15.0. The SMILES string of the molecule is CCC(C(=O)NCCC1CCCCC1)C(=O)OC. The normalized spacial score (nSPS) is 18.1. The molecule has 1 unspecified atom stereocenters. The van der Waals surface area contributed by atoms with Crippen LogP contribution in [0.1, 0.15) is 51.9 Å². The second-order valence-electron chi connectivity index (χ2n) is 5.07. The van der Waals surface area contributed by atoms with Gasteiger partial charge in [-0.15, -0.1) is 0 Å². The van der Waals surface area contributed by atoms with Gasteiger partial charge in [0.1, 0.15) is 5.92 Å². The summed E-state index contributed by atoms with van der Waals surface area (Å²) in [7, 11) is 1.32. The minimum atomic E-state index is -0.652. The van der Waals surface area contributed by atoms with E-state index < -0.39 is 11.9 Å². The molecule has 1 atom stereocenters. The van der Waals surface area contributed by atoms with E-state index in [1.807, 2.05) is 6.92 Å². The quantitative estimate of drug-likeness (QED) is 0.585. The lowest BCUT2D eigenvalue weighted by atomic mass is 9.87. The van der Waals surface area contributed by atoms with Crippen molar-refractivity contribution in [2.24, 2.45) is 11.8 Å². The standard InChI is InChI=1S/C14H25NO3/c1-3-12(14(17)18-2)13(16)15-10-9-11-7-5-4-6-8-11/h11-12H,3-10H2,1-2H3,(H,15,16). The van der Waals surface area contributed by atoms with Crippen molar-refractivity contribution in [2.45, 2.75) is 51.9 Å². The third-order valence-electron chi connectivity index (χ3n) is 3.79. The molecule has 0 bridgehead atoms. The Morgan fingerprint density at radius 2 is 1.94 bits per heavy atom. The van der Waals surface area contributed by atoms with E-state index in [1.54, 1.807) is 0 Å². The van der Waals surface area contributed by atoms with Gasteiger partial charge in [-0.05, 0) is 18.8 Å². The molecule has 0 spiro atoms. The van der Waals surface area contributed by atoms with Crippen molar-refractivity contribution in [3.05, 3.63) is 0 Å². The van der Waals surface area contributed by atoms with Gasteiger partial charge in [-0.3, -0.25) is 9.59 Å². The van der Waals surface area contributed by atoms with Gasteiger partial charge in [-0.2, -0.15) is 0 Å². The molecule has 1 amide bonds. The molecule has 1 rings (SSSR count). The van der Waals surface area contributed by atoms with Crippen LogP contribution in [0.25, 0.3) is 0 Å². The highest BCUT2D eigenvalue weighted by Gasteiger charge is 2.25. The summed E-state index contributed by atoms with van der Waals surface area (Å²) in [4.78, 5) is 23.2. The fourth-order valence-electron chi connectivity index (χ4n) is 2.60. The number of carbonyl (C=O) groups excluding carboxylic acids is 2. The summed E-state index contributed by atoms with van der Waals surface area (Å²) in [6.45, 7) is 2.50. The number of rotatable bonds is 6. The molecule has 1 aliphatic carbocycles. The molecule has 104 valence electrons. The number of ether oxygens (including phenoxy) is 1. The molecule has 1 saturated carbocycles. The maximum absolute atomic E-state index is 11.8. The second kappa shape index (κ2) is 8.11. The van der Waals surface area contributed by atoms with Crippen LogP contribution in [0, 0.1) is 11.8 Å². The van der Waals surface area contributed by atoms with Crippen molar-refractivity contribution >= 4 is 11.9 Å². The number of nitrogens with one attached hydrogen (secondary N) is 1. The summed E-state index contributed by atoms with van der Waals surface area (Å²) in [5, 5.41) is 2.86. The molecular formula is C14H25NO3. The Kier molecular flexibility index (Phi) is 6.76. The van der Waals surface area contributed by atoms with E-state index in [2.05, 4.69) is 10.1 Å². The highest BCUT2D eigenvalue weighted by atomic mass is 16.5. The van der Waals surface area contributed by atoms with Gasteiger partial charge in [0.05, 0.1) is 7.11 Å². The number of hydrogen-bond donors (Lipinski definition) is 1. The molecule has 0 aliphatic heterocycles. The van der Waals surface area contributed by atoms with Crippen molar-refractivity contribution in [3.8, 4) is 0 Å². The topological polar surface area (TPSA) is 55.4 Å². The predicted molar refractivity (Wildman–Crippen MR) is 70.0 cm³/mol. The Labute approximate surface area is 109 Å². The number of carbonyl (C=O) groups is 2. The zero-order chi connectivity index (χ0) is 13.4. The zero-order valence-corrected chi connectivity index (χ0v) is 11.5. The van der Waals surface area contributed by atoms with E-state index in [4.69, 9.17) is 0 Å². The molecule has 0 aromatic rings. The first-order valence-electron chi connectivity index (χ1n) is 7.04. The molecule has 4 nitrogen and oxygen atoms in total. The first-order chi connectivity index (χ1) is 8.69. The van der Waals surface area contributed by atoms with Gasteiger partial charge in [-0.25, -0.2) is 0 Å². The molecule has 1 N–H and O–H groups in total. The van der Waals surface area contributed by atoms with E-state index in [9.17, 15) is 9.59 Å². The first-order valence-corrected chi connectivity index (χ1v) is 7.04. The molecule has 0 saturated heterocycles. The van der Waals surface area contributed by atoms with Crippen molar-refractivity contribution in [2.75, 3.05) is 13.7 Å². The van der Waals surface area contributed by atoms with Crippen molar-refractivity contribution in [3.63, 3.8) is 0 Å². The second-order valence-corrected chi connectivity index (χ2v) is 5.07. The molecule has 18 heavy (non-hydrogen) atoms. The molecule has 1 fully saturated rings. The molecule has 0 heterocycles. The van der Waals surface area contributed by atoms with Crippen LogP contribution >= 0.6 is 0 Å². The van der Waals surface area contributed by atoms with Gasteiger partial charge in [0.25, 0.3) is 0 Å². The van der Waals surface area contributed by atoms with Crippen LogP contribution < -0.4 is 5.32 Å².